The molecule has 6 nitrogen and oxygen atoms in total. The van der Waals surface area contributed by atoms with Crippen LogP contribution in [0.1, 0.15) is 49.8 Å². The molecule has 0 spiro atoms. The van der Waals surface area contributed by atoms with E-state index in [2.05, 4.69) is 10.2 Å². The van der Waals surface area contributed by atoms with E-state index in [1.165, 1.54) is 4.31 Å². The van der Waals surface area contributed by atoms with Gasteiger partial charge in [0, 0.05) is 25.6 Å². The van der Waals surface area contributed by atoms with E-state index in [4.69, 9.17) is 0 Å². The number of benzene rings is 1. The molecule has 2 aromatic rings. The molecule has 1 fully saturated rings. The molecule has 2 aliphatic rings. The highest BCUT2D eigenvalue weighted by molar-refractivity contribution is 7.89. The zero-order valence-electron chi connectivity index (χ0n) is 14.2. The largest absolute Gasteiger partial charge is 0.314 e. The quantitative estimate of drug-likeness (QED) is 0.819. The molecule has 0 saturated carbocycles. The molecule has 2 aliphatic heterocycles. The van der Waals surface area contributed by atoms with Crippen molar-refractivity contribution in [2.75, 3.05) is 6.54 Å². The molecule has 9 heteroatoms. The van der Waals surface area contributed by atoms with Gasteiger partial charge in [0.05, 0.1) is 10.9 Å². The zero-order valence-corrected chi connectivity index (χ0v) is 15.1. The van der Waals surface area contributed by atoms with E-state index >= 15 is 0 Å². The van der Waals surface area contributed by atoms with Gasteiger partial charge in [0.2, 0.25) is 10.0 Å². The van der Waals surface area contributed by atoms with Crippen molar-refractivity contribution < 1.29 is 17.2 Å². The number of nitrogens with zero attached hydrogens (tertiary/aromatic N) is 4. The van der Waals surface area contributed by atoms with Crippen LogP contribution in [0.2, 0.25) is 0 Å². The molecular formula is C17H20F2N4O2S. The van der Waals surface area contributed by atoms with E-state index in [1.54, 1.807) is 0 Å². The van der Waals surface area contributed by atoms with Crippen molar-refractivity contribution in [2.24, 2.45) is 0 Å². The molecule has 26 heavy (non-hydrogen) atoms. The highest BCUT2D eigenvalue weighted by atomic mass is 32.2. The Morgan fingerprint density at radius 3 is 2.50 bits per heavy atom. The minimum Gasteiger partial charge on any atom is -0.314 e. The Bertz CT molecular complexity index is 909. The van der Waals surface area contributed by atoms with Crippen LogP contribution in [0.15, 0.2) is 23.1 Å². The van der Waals surface area contributed by atoms with Crippen LogP contribution in [-0.2, 0) is 23.0 Å². The predicted molar refractivity (Wildman–Crippen MR) is 89.8 cm³/mol. The second-order valence-corrected chi connectivity index (χ2v) is 8.71. The van der Waals surface area contributed by atoms with E-state index in [-0.39, 0.29) is 4.90 Å². The van der Waals surface area contributed by atoms with Gasteiger partial charge < -0.3 is 4.57 Å². The maximum absolute atomic E-state index is 13.5. The fourth-order valence-corrected chi connectivity index (χ4v) is 5.55. The molecule has 0 unspecified atom stereocenters. The van der Waals surface area contributed by atoms with Crippen LogP contribution in [0.5, 0.6) is 0 Å². The molecule has 1 atom stereocenters. The Hall–Kier alpha value is -1.87. The van der Waals surface area contributed by atoms with E-state index in [0.717, 1.165) is 50.2 Å². The lowest BCUT2D eigenvalue weighted by Gasteiger charge is -2.24. The summed E-state index contributed by atoms with van der Waals surface area (Å²) in [5, 5.41) is 8.52. The smallest absolute Gasteiger partial charge is 0.243 e. The van der Waals surface area contributed by atoms with E-state index in [9.17, 15) is 17.2 Å². The average molecular weight is 382 g/mol. The van der Waals surface area contributed by atoms with Gasteiger partial charge >= 0.3 is 0 Å². The third-order valence-electron chi connectivity index (χ3n) is 5.08. The SMILES string of the molecule is O=S(=O)(c1cc(F)cc(F)c1)N1CCC[C@H]1c1nnc2n1CCCCC2. The molecule has 3 heterocycles. The Kier molecular flexibility index (Phi) is 4.52. The summed E-state index contributed by atoms with van der Waals surface area (Å²) in [5.74, 6) is -0.287. The molecule has 0 aliphatic carbocycles. The maximum Gasteiger partial charge on any atom is 0.243 e. The first-order valence-electron chi connectivity index (χ1n) is 8.87. The van der Waals surface area contributed by atoms with E-state index in [0.29, 0.717) is 31.3 Å². The van der Waals surface area contributed by atoms with Crippen LogP contribution < -0.4 is 0 Å². The van der Waals surface area contributed by atoms with Crippen molar-refractivity contribution >= 4 is 10.0 Å². The van der Waals surface area contributed by atoms with Gasteiger partial charge in [-0.15, -0.1) is 10.2 Å². The van der Waals surface area contributed by atoms with Gasteiger partial charge in [0.1, 0.15) is 17.5 Å². The summed E-state index contributed by atoms with van der Waals surface area (Å²) in [6, 6.07) is 1.93. The van der Waals surface area contributed by atoms with Crippen molar-refractivity contribution in [3.05, 3.63) is 41.5 Å². The first-order chi connectivity index (χ1) is 12.5. The Balaban J connectivity index is 1.72. The van der Waals surface area contributed by atoms with Gasteiger partial charge in [-0.25, -0.2) is 17.2 Å². The summed E-state index contributed by atoms with van der Waals surface area (Å²) >= 11 is 0. The minimum atomic E-state index is -4.02. The number of aryl methyl sites for hydroxylation is 1. The molecule has 1 aromatic heterocycles. The topological polar surface area (TPSA) is 68.1 Å². The zero-order chi connectivity index (χ0) is 18.3. The minimum absolute atomic E-state index is 0.299. The van der Waals surface area contributed by atoms with Crippen LogP contribution in [0, 0.1) is 11.6 Å². The highest BCUT2D eigenvalue weighted by Gasteiger charge is 2.39. The van der Waals surface area contributed by atoms with Crippen LogP contribution in [0.3, 0.4) is 0 Å². The third-order valence-corrected chi connectivity index (χ3v) is 6.97. The number of aromatic nitrogens is 3. The molecule has 140 valence electrons. The Labute approximate surface area is 150 Å². The van der Waals surface area contributed by atoms with Crippen LogP contribution >= 0.6 is 0 Å². The van der Waals surface area contributed by atoms with Crippen molar-refractivity contribution in [3.63, 3.8) is 0 Å². The predicted octanol–water partition coefficient (Wildman–Crippen LogP) is 2.81. The second kappa shape index (κ2) is 6.70. The summed E-state index contributed by atoms with van der Waals surface area (Å²) in [6.45, 7) is 1.07. The number of halogens is 2. The first-order valence-corrected chi connectivity index (χ1v) is 10.3. The monoisotopic (exact) mass is 382 g/mol. The van der Waals surface area contributed by atoms with Gasteiger partial charge in [0.15, 0.2) is 5.82 Å². The van der Waals surface area contributed by atoms with Gasteiger partial charge in [-0.05, 0) is 37.8 Å². The maximum atomic E-state index is 13.5. The lowest BCUT2D eigenvalue weighted by atomic mass is 10.2. The lowest BCUT2D eigenvalue weighted by Crippen LogP contribution is -2.32. The number of hydrogen-bond donors (Lipinski definition) is 0. The fraction of sp³-hybridized carbons (Fsp3) is 0.529. The standard InChI is InChI=1S/C17H20F2N4O2S/c18-12-9-13(19)11-14(10-12)26(24,25)23-8-4-5-15(23)17-21-20-16-6-2-1-3-7-22(16)17/h9-11,15H,1-8H2/t15-/m0/s1. The Morgan fingerprint density at radius 2 is 1.73 bits per heavy atom. The number of fused-ring (bicyclic) bond motifs is 1. The summed E-state index contributed by atoms with van der Waals surface area (Å²) < 4.78 is 56.4. The summed E-state index contributed by atoms with van der Waals surface area (Å²) in [5.41, 5.74) is 0. The van der Waals surface area contributed by atoms with Gasteiger partial charge in [-0.1, -0.05) is 6.42 Å². The highest BCUT2D eigenvalue weighted by Crippen LogP contribution is 2.36. The average Bonchev–Trinajstić information content (AvgIpc) is 3.15. The van der Waals surface area contributed by atoms with Gasteiger partial charge in [-0.3, -0.25) is 0 Å². The summed E-state index contributed by atoms with van der Waals surface area (Å²) in [6.07, 6.45) is 5.29. The lowest BCUT2D eigenvalue weighted by molar-refractivity contribution is 0.370. The molecule has 0 bridgehead atoms. The van der Waals surface area contributed by atoms with Crippen molar-refractivity contribution in [1.29, 1.82) is 0 Å². The van der Waals surface area contributed by atoms with Crippen LogP contribution in [0.4, 0.5) is 8.78 Å². The normalized spacial score (nSPS) is 21.5. The van der Waals surface area contributed by atoms with Gasteiger partial charge in [-0.2, -0.15) is 4.31 Å². The molecular weight excluding hydrogens is 362 g/mol. The number of rotatable bonds is 3. The molecule has 4 rings (SSSR count). The van der Waals surface area contributed by atoms with Crippen molar-refractivity contribution in [1.82, 2.24) is 19.1 Å². The van der Waals surface area contributed by atoms with E-state index in [1.807, 2.05) is 4.57 Å². The summed E-state index contributed by atoms with van der Waals surface area (Å²) in [4.78, 5) is -0.363. The number of sulfonamides is 1. The van der Waals surface area contributed by atoms with E-state index < -0.39 is 27.7 Å². The molecule has 1 aromatic carbocycles. The second-order valence-electron chi connectivity index (χ2n) is 6.82. The third kappa shape index (κ3) is 3.03. The fourth-order valence-electron chi connectivity index (χ4n) is 3.85. The molecule has 0 N–H and O–H groups in total. The van der Waals surface area contributed by atoms with Gasteiger partial charge in [0.25, 0.3) is 0 Å². The molecule has 1 saturated heterocycles. The van der Waals surface area contributed by atoms with Crippen molar-refractivity contribution in [3.8, 4) is 0 Å². The Morgan fingerprint density at radius 1 is 0.962 bits per heavy atom. The summed E-state index contributed by atoms with van der Waals surface area (Å²) in [7, 11) is -4.02. The van der Waals surface area contributed by atoms with Crippen molar-refractivity contribution in [2.45, 2.75) is 56.0 Å². The van der Waals surface area contributed by atoms with Crippen LogP contribution in [0.25, 0.3) is 0 Å². The first kappa shape index (κ1) is 17.5. The molecule has 0 amide bonds. The number of hydrogen-bond acceptors (Lipinski definition) is 4. The molecule has 0 radical (unpaired) electrons. The van der Waals surface area contributed by atoms with Crippen LogP contribution in [-0.4, -0.2) is 34.0 Å².